The zero-order valence-electron chi connectivity index (χ0n) is 21.2. The summed E-state index contributed by atoms with van der Waals surface area (Å²) in [5, 5.41) is 0. The quantitative estimate of drug-likeness (QED) is 0.204. The minimum Gasteiger partial charge on any atom is -0.291 e. The first-order valence-electron chi connectivity index (χ1n) is 13.0. The molecule has 1 nitrogen and oxygen atoms in total. The molecule has 5 rings (SSSR count). The van der Waals surface area contributed by atoms with Crippen LogP contribution < -0.4 is 10.9 Å². The van der Waals surface area contributed by atoms with E-state index in [-0.39, 0.29) is 6.71 Å². The lowest BCUT2D eigenvalue weighted by atomic mass is 9.35. The number of benzene rings is 5. The fourth-order valence-electron chi connectivity index (χ4n) is 4.97. The lowest BCUT2D eigenvalue weighted by Crippen LogP contribution is -2.43. The van der Waals surface area contributed by atoms with Crippen LogP contribution in [0.3, 0.4) is 0 Å². The van der Waals surface area contributed by atoms with E-state index in [4.69, 9.17) is 0 Å². The van der Waals surface area contributed by atoms with Gasteiger partial charge < -0.3 is 0 Å². The number of rotatable bonds is 10. The molecule has 0 aromatic heterocycles. The topological polar surface area (TPSA) is 3.24 Å². The number of hydrogen-bond donors (Lipinski definition) is 0. The summed E-state index contributed by atoms with van der Waals surface area (Å²) in [5.74, 6) is 0. The average Bonchev–Trinajstić information content (AvgIpc) is 2.97. The van der Waals surface area contributed by atoms with Crippen molar-refractivity contribution in [3.63, 3.8) is 0 Å². The first-order chi connectivity index (χ1) is 18.4. The molecule has 0 N–H and O–H groups in total. The lowest BCUT2D eigenvalue weighted by molar-refractivity contribution is 0.286. The molecule has 0 bridgehead atoms. The molecule has 0 fully saturated rings. The van der Waals surface area contributed by atoms with Crippen molar-refractivity contribution in [3.8, 4) is 0 Å². The van der Waals surface area contributed by atoms with Gasteiger partial charge >= 0.3 is 0 Å². The molecule has 180 valence electrons. The zero-order valence-corrected chi connectivity index (χ0v) is 21.2. The van der Waals surface area contributed by atoms with Gasteiger partial charge in [0.15, 0.2) is 0 Å². The molecule has 0 saturated carbocycles. The van der Waals surface area contributed by atoms with E-state index in [1.807, 2.05) is 0 Å². The van der Waals surface area contributed by atoms with Crippen molar-refractivity contribution in [2.24, 2.45) is 0 Å². The van der Waals surface area contributed by atoms with E-state index in [0.29, 0.717) is 0 Å². The third-order valence-electron chi connectivity index (χ3n) is 6.75. The van der Waals surface area contributed by atoms with Crippen molar-refractivity contribution in [2.75, 3.05) is 6.54 Å². The second kappa shape index (κ2) is 12.7. The Morgan fingerprint density at radius 3 is 1.30 bits per heavy atom. The molecule has 5 aromatic rings. The van der Waals surface area contributed by atoms with Crippen molar-refractivity contribution >= 4 is 23.1 Å². The maximum absolute atomic E-state index is 2.53. The second-order valence-corrected chi connectivity index (χ2v) is 9.42. The van der Waals surface area contributed by atoms with E-state index in [0.717, 1.165) is 19.6 Å². The lowest BCUT2D eigenvalue weighted by Gasteiger charge is -2.24. The molecule has 5 aromatic carbocycles. The Balaban J connectivity index is 1.55. The van der Waals surface area contributed by atoms with Gasteiger partial charge in [-0.3, -0.25) is 4.90 Å². The molecule has 37 heavy (non-hydrogen) atoms. The minimum atomic E-state index is 0.153. The van der Waals surface area contributed by atoms with Crippen LogP contribution in [0.25, 0.3) is 5.47 Å². The van der Waals surface area contributed by atoms with Crippen LogP contribution in [-0.2, 0) is 13.1 Å². The highest BCUT2D eigenvalue weighted by Crippen LogP contribution is 2.20. The average molecular weight is 477 g/mol. The molecule has 0 aliphatic heterocycles. The van der Waals surface area contributed by atoms with Gasteiger partial charge in [-0.1, -0.05) is 174 Å². The van der Waals surface area contributed by atoms with Gasteiger partial charge in [-0.2, -0.15) is 0 Å². The summed E-state index contributed by atoms with van der Waals surface area (Å²) in [6, 6.07) is 54.2. The largest absolute Gasteiger partial charge is 0.291 e. The Labute approximate surface area is 221 Å². The Bertz CT molecular complexity index is 1290. The monoisotopic (exact) mass is 477 g/mol. The van der Waals surface area contributed by atoms with Gasteiger partial charge in [0.25, 0.3) is 0 Å². The molecular weight excluding hydrogens is 445 g/mol. The first kappa shape index (κ1) is 24.6. The van der Waals surface area contributed by atoms with Crippen molar-refractivity contribution in [1.82, 2.24) is 4.90 Å². The van der Waals surface area contributed by atoms with Crippen molar-refractivity contribution in [1.29, 1.82) is 0 Å². The summed E-state index contributed by atoms with van der Waals surface area (Å²) in [6.07, 6.45) is 2.45. The molecule has 0 saturated heterocycles. The fourth-order valence-corrected chi connectivity index (χ4v) is 4.97. The molecule has 0 atom stereocenters. The van der Waals surface area contributed by atoms with E-state index >= 15 is 0 Å². The molecule has 0 spiro atoms. The summed E-state index contributed by atoms with van der Waals surface area (Å²) < 4.78 is 0. The summed E-state index contributed by atoms with van der Waals surface area (Å²) in [4.78, 5) is 2.53. The smallest absolute Gasteiger partial charge is 0.241 e. The molecule has 0 aliphatic carbocycles. The van der Waals surface area contributed by atoms with Gasteiger partial charge in [-0.05, 0) is 16.7 Å². The van der Waals surface area contributed by atoms with Gasteiger partial charge in [0.2, 0.25) is 6.71 Å². The first-order valence-corrected chi connectivity index (χ1v) is 13.0. The highest BCUT2D eigenvalue weighted by molar-refractivity contribution is 6.99. The van der Waals surface area contributed by atoms with Crippen LogP contribution >= 0.6 is 0 Å². The van der Waals surface area contributed by atoms with E-state index in [1.165, 1.54) is 33.1 Å². The zero-order chi connectivity index (χ0) is 25.1. The summed E-state index contributed by atoms with van der Waals surface area (Å²) in [7, 11) is 0. The van der Waals surface area contributed by atoms with Crippen LogP contribution in [0.5, 0.6) is 0 Å². The standard InChI is InChI=1S/C35H32BN/c1-6-16-30(17-7-1)28-37(29-31-18-8-2-9-19-31)27-26-35(32-20-10-3-11-21-32)36(33-22-12-4-13-23-33)34-24-14-5-15-25-34/h1-26H,27-29H2/b35-26+. The second-order valence-electron chi connectivity index (χ2n) is 9.42. The van der Waals surface area contributed by atoms with Crippen LogP contribution in [0.4, 0.5) is 0 Å². The van der Waals surface area contributed by atoms with Crippen LogP contribution in [-0.4, -0.2) is 18.2 Å². The van der Waals surface area contributed by atoms with Crippen LogP contribution in [0.15, 0.2) is 158 Å². The molecule has 0 heterocycles. The van der Waals surface area contributed by atoms with Gasteiger partial charge in [0.1, 0.15) is 0 Å². The Morgan fingerprint density at radius 2 is 0.865 bits per heavy atom. The normalized spacial score (nSPS) is 11.4. The highest BCUT2D eigenvalue weighted by Gasteiger charge is 2.25. The fraction of sp³-hybridized carbons (Fsp3) is 0.0857. The third-order valence-corrected chi connectivity index (χ3v) is 6.75. The Kier molecular flexibility index (Phi) is 8.44. The summed E-state index contributed by atoms with van der Waals surface area (Å²) in [6.45, 7) is 2.80. The van der Waals surface area contributed by atoms with Crippen molar-refractivity contribution in [3.05, 3.63) is 174 Å². The summed E-state index contributed by atoms with van der Waals surface area (Å²) >= 11 is 0. The molecular formula is C35H32BN. The summed E-state index contributed by atoms with van der Waals surface area (Å²) in [5.41, 5.74) is 7.87. The van der Waals surface area contributed by atoms with Crippen LogP contribution in [0, 0.1) is 0 Å². The Hall–Kier alpha value is -4.14. The van der Waals surface area contributed by atoms with Gasteiger partial charge in [0.05, 0.1) is 0 Å². The molecule has 2 heteroatoms. The van der Waals surface area contributed by atoms with Crippen LogP contribution in [0.2, 0.25) is 0 Å². The van der Waals surface area contributed by atoms with Crippen molar-refractivity contribution < 1.29 is 0 Å². The van der Waals surface area contributed by atoms with Gasteiger partial charge in [0, 0.05) is 19.6 Å². The van der Waals surface area contributed by atoms with Gasteiger partial charge in [-0.15, -0.1) is 0 Å². The third kappa shape index (κ3) is 6.75. The minimum absolute atomic E-state index is 0.153. The maximum atomic E-state index is 2.53. The highest BCUT2D eigenvalue weighted by atomic mass is 15.1. The van der Waals surface area contributed by atoms with E-state index in [2.05, 4.69) is 163 Å². The predicted octanol–water partition coefficient (Wildman–Crippen LogP) is 6.62. The van der Waals surface area contributed by atoms with Crippen molar-refractivity contribution in [2.45, 2.75) is 13.1 Å². The predicted molar refractivity (Wildman–Crippen MR) is 159 cm³/mol. The molecule has 0 radical (unpaired) electrons. The number of nitrogens with zero attached hydrogens (tertiary/aromatic N) is 1. The molecule has 0 unspecified atom stereocenters. The van der Waals surface area contributed by atoms with Gasteiger partial charge in [-0.25, -0.2) is 0 Å². The van der Waals surface area contributed by atoms with E-state index < -0.39 is 0 Å². The number of hydrogen-bond acceptors (Lipinski definition) is 1. The molecule has 0 aliphatic rings. The SMILES string of the molecule is C(/CN(Cc1ccccc1)Cc1ccccc1)=C(\B(c1ccccc1)c1ccccc1)c1ccccc1. The maximum Gasteiger partial charge on any atom is 0.241 e. The Morgan fingerprint density at radius 1 is 0.486 bits per heavy atom. The van der Waals surface area contributed by atoms with E-state index in [1.54, 1.807) is 0 Å². The molecule has 0 amide bonds. The van der Waals surface area contributed by atoms with E-state index in [9.17, 15) is 0 Å². The van der Waals surface area contributed by atoms with Crippen LogP contribution in [0.1, 0.15) is 16.7 Å².